The number of hydrogen-bond donors (Lipinski definition) is 0. The van der Waals surface area contributed by atoms with Crippen molar-refractivity contribution in [2.75, 3.05) is 11.5 Å². The van der Waals surface area contributed by atoms with Crippen molar-refractivity contribution < 1.29 is 32.3 Å². The Morgan fingerprint density at radius 1 is 1.08 bits per heavy atom. The fourth-order valence-corrected chi connectivity index (χ4v) is 6.08. The predicted molar refractivity (Wildman–Crippen MR) is 127 cm³/mol. The molecule has 0 spiro atoms. The summed E-state index contributed by atoms with van der Waals surface area (Å²) in [5.41, 5.74) is -0.857. The van der Waals surface area contributed by atoms with E-state index in [1.807, 2.05) is 0 Å². The van der Waals surface area contributed by atoms with Gasteiger partial charge in [0.05, 0.1) is 11.3 Å². The van der Waals surface area contributed by atoms with Gasteiger partial charge in [0.1, 0.15) is 5.75 Å². The van der Waals surface area contributed by atoms with Crippen LogP contribution in [-0.2, 0) is 15.8 Å². The molecule has 6 rings (SSSR count). The van der Waals surface area contributed by atoms with E-state index in [0.29, 0.717) is 29.9 Å². The van der Waals surface area contributed by atoms with Crippen LogP contribution in [-0.4, -0.2) is 24.7 Å². The molecule has 2 aromatic carbocycles. The molecule has 0 saturated heterocycles. The number of fused-ring (bicyclic) bond motifs is 1. The third-order valence-electron chi connectivity index (χ3n) is 7.68. The van der Waals surface area contributed by atoms with Crippen LogP contribution in [0, 0.1) is 35.5 Å². The van der Waals surface area contributed by atoms with Crippen molar-refractivity contribution in [2.24, 2.45) is 35.5 Å². The number of benzene rings is 2. The molecule has 6 atom stereocenters. The van der Waals surface area contributed by atoms with Crippen LogP contribution in [0.4, 0.5) is 18.9 Å². The summed E-state index contributed by atoms with van der Waals surface area (Å²) in [5.74, 6) is 0.992. The average molecular weight is 518 g/mol. The minimum atomic E-state index is -4.63. The molecule has 2 fully saturated rings. The lowest BCUT2D eigenvalue weighted by Gasteiger charge is -2.43. The van der Waals surface area contributed by atoms with Gasteiger partial charge in [0.15, 0.2) is 12.4 Å². The fourth-order valence-electron chi connectivity index (χ4n) is 5.84. The summed E-state index contributed by atoms with van der Waals surface area (Å²) in [6.45, 7) is 1.57. The van der Waals surface area contributed by atoms with E-state index in [4.69, 9.17) is 16.3 Å². The number of ether oxygens (including phenoxy) is 1. The number of amides is 2. The molecule has 2 amide bonds. The smallest absolute Gasteiger partial charge is 0.416 e. The second-order valence-corrected chi connectivity index (χ2v) is 10.2. The number of carbonyl (C=O) groups is 3. The van der Waals surface area contributed by atoms with Gasteiger partial charge in [-0.25, -0.2) is 0 Å². The van der Waals surface area contributed by atoms with E-state index in [1.165, 1.54) is 24.3 Å². The van der Waals surface area contributed by atoms with Crippen LogP contribution < -0.4 is 9.64 Å². The lowest BCUT2D eigenvalue weighted by molar-refractivity contribution is -0.137. The number of halogens is 4. The van der Waals surface area contributed by atoms with Crippen LogP contribution in [0.2, 0.25) is 5.02 Å². The molecule has 6 unspecified atom stereocenters. The molecule has 0 radical (unpaired) electrons. The van der Waals surface area contributed by atoms with Crippen molar-refractivity contribution in [3.8, 4) is 5.75 Å². The van der Waals surface area contributed by atoms with Crippen molar-refractivity contribution in [1.29, 1.82) is 0 Å². The summed E-state index contributed by atoms with van der Waals surface area (Å²) in [5, 5.41) is -0.204. The molecule has 0 aliphatic heterocycles. The van der Waals surface area contributed by atoms with E-state index in [0.717, 1.165) is 29.5 Å². The average Bonchev–Trinajstić information content (AvgIpc) is 3.65. The highest BCUT2D eigenvalue weighted by Gasteiger charge is 2.60. The zero-order valence-electron chi connectivity index (χ0n) is 19.2. The van der Waals surface area contributed by atoms with Crippen LogP contribution in [0.25, 0.3) is 0 Å². The topological polar surface area (TPSA) is 63.7 Å². The first-order valence-corrected chi connectivity index (χ1v) is 12.1. The van der Waals surface area contributed by atoms with E-state index >= 15 is 0 Å². The van der Waals surface area contributed by atoms with Crippen LogP contribution >= 0.6 is 11.6 Å². The monoisotopic (exact) mass is 517 g/mol. The molecule has 4 aliphatic rings. The Morgan fingerprint density at radius 3 is 2.42 bits per heavy atom. The number of Topliss-reactive ketones (excluding diaryl/α,β-unsaturated/α-hetero) is 1. The lowest BCUT2D eigenvalue weighted by atomic mass is 9.62. The first-order valence-electron chi connectivity index (χ1n) is 11.7. The molecule has 5 nitrogen and oxygen atoms in total. The normalized spacial score (nSPS) is 27.8. The van der Waals surface area contributed by atoms with Gasteiger partial charge in [-0.1, -0.05) is 30.7 Å². The molecule has 9 heteroatoms. The van der Waals surface area contributed by atoms with Gasteiger partial charge in [0, 0.05) is 16.5 Å². The molecule has 2 bridgehead atoms. The Morgan fingerprint density at radius 2 is 1.75 bits per heavy atom. The number of rotatable bonds is 7. The molecule has 0 aromatic heterocycles. The second kappa shape index (κ2) is 9.07. The van der Waals surface area contributed by atoms with Gasteiger partial charge in [0.25, 0.3) is 0 Å². The van der Waals surface area contributed by atoms with Gasteiger partial charge in [-0.2, -0.15) is 13.2 Å². The van der Waals surface area contributed by atoms with Crippen LogP contribution in [0.5, 0.6) is 5.75 Å². The molecule has 2 saturated carbocycles. The van der Waals surface area contributed by atoms with Crippen LogP contribution in [0.1, 0.15) is 29.3 Å². The predicted octanol–water partition coefficient (Wildman–Crippen LogP) is 5.81. The van der Waals surface area contributed by atoms with Crippen LogP contribution in [0.15, 0.2) is 54.6 Å². The fraction of sp³-hybridized carbons (Fsp3) is 0.370. The van der Waals surface area contributed by atoms with Crippen molar-refractivity contribution in [1.82, 2.24) is 0 Å². The van der Waals surface area contributed by atoms with Gasteiger partial charge in [0.2, 0.25) is 12.3 Å². The highest BCUT2D eigenvalue weighted by atomic mass is 35.5. The highest BCUT2D eigenvalue weighted by molar-refractivity contribution is 6.31. The van der Waals surface area contributed by atoms with Crippen molar-refractivity contribution in [3.05, 3.63) is 70.8 Å². The third kappa shape index (κ3) is 4.43. The summed E-state index contributed by atoms with van der Waals surface area (Å²) in [6, 6.07) is 8.70. The summed E-state index contributed by atoms with van der Waals surface area (Å²) in [4.78, 5) is 38.8. The van der Waals surface area contributed by atoms with E-state index < -0.39 is 24.1 Å². The Labute approximate surface area is 210 Å². The number of carbonyl (C=O) groups excluding carboxylic acids is 3. The number of imide groups is 1. The quantitative estimate of drug-likeness (QED) is 0.264. The minimum absolute atomic E-state index is 0.155. The molecular weight excluding hydrogens is 495 g/mol. The molecule has 0 N–H and O–H groups in total. The molecule has 188 valence electrons. The lowest BCUT2D eigenvalue weighted by Crippen LogP contribution is -2.47. The summed E-state index contributed by atoms with van der Waals surface area (Å²) in [7, 11) is 0. The van der Waals surface area contributed by atoms with E-state index in [1.54, 1.807) is 0 Å². The van der Waals surface area contributed by atoms with E-state index in [9.17, 15) is 27.6 Å². The van der Waals surface area contributed by atoms with Crippen molar-refractivity contribution >= 4 is 35.4 Å². The SMILES string of the molecule is CC1C2C=CC(C3CC23)C1C(=O)N(C=O)c1ccc(OCC(=O)c2cc(Cl)cc(C(F)(F)F)c2)cc1. The summed E-state index contributed by atoms with van der Waals surface area (Å²) in [6.07, 6.45) is 1.37. The van der Waals surface area contributed by atoms with Gasteiger partial charge in [-0.15, -0.1) is 0 Å². The Kier molecular flexibility index (Phi) is 6.19. The maximum atomic E-state index is 13.4. The number of alkyl halides is 3. The molecule has 0 heterocycles. The molecule has 2 aromatic rings. The highest BCUT2D eigenvalue weighted by Crippen LogP contribution is 2.63. The number of anilines is 1. The molecule has 36 heavy (non-hydrogen) atoms. The third-order valence-corrected chi connectivity index (χ3v) is 7.90. The zero-order chi connectivity index (χ0) is 25.8. The minimum Gasteiger partial charge on any atom is -0.485 e. The largest absolute Gasteiger partial charge is 0.485 e. The Bertz CT molecular complexity index is 1240. The van der Waals surface area contributed by atoms with Gasteiger partial charge < -0.3 is 4.74 Å². The number of hydrogen-bond acceptors (Lipinski definition) is 4. The Hall–Kier alpha value is -3.13. The van der Waals surface area contributed by atoms with E-state index in [2.05, 4.69) is 19.1 Å². The zero-order valence-corrected chi connectivity index (χ0v) is 20.0. The number of nitrogens with zero attached hydrogens (tertiary/aromatic N) is 1. The maximum absolute atomic E-state index is 13.4. The summed E-state index contributed by atoms with van der Waals surface area (Å²) < 4.78 is 44.4. The van der Waals surface area contributed by atoms with Gasteiger partial charge >= 0.3 is 6.18 Å². The first kappa shape index (κ1) is 24.6. The van der Waals surface area contributed by atoms with Crippen LogP contribution in [0.3, 0.4) is 0 Å². The maximum Gasteiger partial charge on any atom is 0.416 e. The van der Waals surface area contributed by atoms with Gasteiger partial charge in [-0.3, -0.25) is 19.3 Å². The molecule has 4 aliphatic carbocycles. The van der Waals surface area contributed by atoms with Crippen molar-refractivity contribution in [2.45, 2.75) is 19.5 Å². The standard InChI is InChI=1S/C27H23ClF3NO4/c1-14-20-6-7-21(23-11-22(20)23)25(14)26(35)32(13-33)18-2-4-19(5-3-18)36-12-24(34)15-8-16(27(29,30)31)10-17(28)9-15/h2-10,13-14,20-23,25H,11-12H2,1H3. The Balaban J connectivity index is 1.25. The first-order chi connectivity index (χ1) is 17.1. The molecular formula is C27H23ClF3NO4. The number of ketones is 1. The van der Waals surface area contributed by atoms with Crippen molar-refractivity contribution in [3.63, 3.8) is 0 Å². The van der Waals surface area contributed by atoms with E-state index in [-0.39, 0.29) is 40.0 Å². The van der Waals surface area contributed by atoms with Gasteiger partial charge in [-0.05, 0) is 78.5 Å². The second-order valence-electron chi connectivity index (χ2n) is 9.73. The summed E-state index contributed by atoms with van der Waals surface area (Å²) >= 11 is 5.74. The number of allylic oxidation sites excluding steroid dienone is 2.